The Balaban J connectivity index is 4.21. The molecule has 0 aliphatic heterocycles. The van der Waals surface area contributed by atoms with Crippen molar-refractivity contribution >= 4 is 23.6 Å². The predicted octanol–water partition coefficient (Wildman–Crippen LogP) is -1.78. The van der Waals surface area contributed by atoms with E-state index in [2.05, 4.69) is 16.0 Å². The molecule has 0 unspecified atom stereocenters. The number of rotatable bonds is 8. The van der Waals surface area contributed by atoms with E-state index in [0.29, 0.717) is 13.0 Å². The van der Waals surface area contributed by atoms with Crippen molar-refractivity contribution in [2.24, 2.45) is 0 Å². The number of nitrogens with zero attached hydrogens (tertiary/aromatic N) is 1. The maximum Gasteiger partial charge on any atom is 0.242 e. The predicted molar refractivity (Wildman–Crippen MR) is 72.6 cm³/mol. The lowest BCUT2D eigenvalue weighted by Gasteiger charge is -2.21. The lowest BCUT2D eigenvalue weighted by molar-refractivity contribution is -0.136. The third-order valence-corrected chi connectivity index (χ3v) is 2.39. The first-order chi connectivity index (χ1) is 9.40. The normalized spacial score (nSPS) is 9.55. The molecule has 0 heterocycles. The molecule has 0 aromatic rings. The van der Waals surface area contributed by atoms with Gasteiger partial charge in [0.25, 0.3) is 0 Å². The van der Waals surface area contributed by atoms with Crippen molar-refractivity contribution in [2.45, 2.75) is 20.3 Å². The van der Waals surface area contributed by atoms with Crippen LogP contribution in [0.25, 0.3) is 0 Å². The second-order valence-corrected chi connectivity index (χ2v) is 4.17. The summed E-state index contributed by atoms with van der Waals surface area (Å²) in [7, 11) is 1.49. The molecule has 0 atom stereocenters. The van der Waals surface area contributed by atoms with E-state index in [0.717, 1.165) is 0 Å². The number of carbonyl (C=O) groups is 4. The van der Waals surface area contributed by atoms with Crippen LogP contribution in [-0.4, -0.2) is 61.8 Å². The van der Waals surface area contributed by atoms with Gasteiger partial charge in [-0.25, -0.2) is 0 Å². The van der Waals surface area contributed by atoms with Crippen molar-refractivity contribution in [3.8, 4) is 0 Å². The Morgan fingerprint density at radius 3 is 2.15 bits per heavy atom. The summed E-state index contributed by atoms with van der Waals surface area (Å²) in [6.07, 6.45) is 0.711. The smallest absolute Gasteiger partial charge is 0.242 e. The van der Waals surface area contributed by atoms with Crippen LogP contribution in [0.3, 0.4) is 0 Å². The number of hydrogen-bond donors (Lipinski definition) is 3. The molecule has 0 aromatic carbocycles. The van der Waals surface area contributed by atoms with E-state index in [1.54, 1.807) is 0 Å². The molecule has 0 bridgehead atoms. The van der Waals surface area contributed by atoms with E-state index in [-0.39, 0.29) is 37.4 Å². The molecule has 0 aliphatic rings. The molecular formula is C12H22N4O4. The van der Waals surface area contributed by atoms with Gasteiger partial charge >= 0.3 is 0 Å². The molecule has 0 radical (unpaired) electrons. The summed E-state index contributed by atoms with van der Waals surface area (Å²) in [6, 6.07) is 0. The quantitative estimate of drug-likeness (QED) is 0.490. The average Bonchev–Trinajstić information content (AvgIpc) is 2.41. The Labute approximate surface area is 118 Å². The highest BCUT2D eigenvalue weighted by atomic mass is 16.2. The minimum Gasteiger partial charge on any atom is -0.358 e. The zero-order valence-electron chi connectivity index (χ0n) is 12.1. The third kappa shape index (κ3) is 8.06. The monoisotopic (exact) mass is 286 g/mol. The molecule has 114 valence electrons. The zero-order chi connectivity index (χ0) is 15.5. The van der Waals surface area contributed by atoms with Crippen LogP contribution in [0.5, 0.6) is 0 Å². The number of hydrogen-bond acceptors (Lipinski definition) is 4. The second kappa shape index (κ2) is 9.76. The molecule has 0 spiro atoms. The lowest BCUT2D eigenvalue weighted by Crippen LogP contribution is -2.46. The van der Waals surface area contributed by atoms with Crippen molar-refractivity contribution in [3.05, 3.63) is 0 Å². The summed E-state index contributed by atoms with van der Waals surface area (Å²) in [4.78, 5) is 46.5. The first-order valence-corrected chi connectivity index (χ1v) is 6.40. The molecule has 4 amide bonds. The fraction of sp³-hybridized carbons (Fsp3) is 0.667. The van der Waals surface area contributed by atoms with Crippen molar-refractivity contribution in [1.82, 2.24) is 20.9 Å². The van der Waals surface area contributed by atoms with Crippen LogP contribution in [-0.2, 0) is 19.2 Å². The van der Waals surface area contributed by atoms with Gasteiger partial charge in [0, 0.05) is 20.5 Å². The van der Waals surface area contributed by atoms with E-state index < -0.39 is 5.91 Å². The summed E-state index contributed by atoms with van der Waals surface area (Å²) >= 11 is 0. The van der Waals surface area contributed by atoms with Gasteiger partial charge < -0.3 is 20.9 Å². The van der Waals surface area contributed by atoms with Gasteiger partial charge in [-0.2, -0.15) is 0 Å². The Morgan fingerprint density at radius 2 is 1.65 bits per heavy atom. The van der Waals surface area contributed by atoms with Crippen LogP contribution in [0.15, 0.2) is 0 Å². The van der Waals surface area contributed by atoms with Crippen LogP contribution in [0.1, 0.15) is 20.3 Å². The largest absolute Gasteiger partial charge is 0.358 e. The fourth-order valence-corrected chi connectivity index (χ4v) is 1.37. The van der Waals surface area contributed by atoms with Crippen LogP contribution in [0.2, 0.25) is 0 Å². The summed E-state index contributed by atoms with van der Waals surface area (Å²) in [5.74, 6) is -1.38. The highest BCUT2D eigenvalue weighted by molar-refractivity contribution is 5.89. The Bertz CT molecular complexity index is 370. The molecule has 3 N–H and O–H groups in total. The van der Waals surface area contributed by atoms with Crippen molar-refractivity contribution in [1.29, 1.82) is 0 Å². The van der Waals surface area contributed by atoms with Crippen molar-refractivity contribution in [3.63, 3.8) is 0 Å². The number of nitrogens with one attached hydrogen (secondary N) is 3. The summed E-state index contributed by atoms with van der Waals surface area (Å²) in [5, 5.41) is 7.15. The maximum absolute atomic E-state index is 11.9. The lowest BCUT2D eigenvalue weighted by atomic mass is 10.3. The van der Waals surface area contributed by atoms with E-state index in [1.165, 1.54) is 18.9 Å². The van der Waals surface area contributed by atoms with Gasteiger partial charge in [-0.05, 0) is 6.42 Å². The number of likely N-dealkylation sites (N-methyl/N-ethyl adjacent to an activating group) is 1. The molecule has 8 nitrogen and oxygen atoms in total. The molecule has 0 aliphatic carbocycles. The van der Waals surface area contributed by atoms with Gasteiger partial charge in [0.1, 0.15) is 0 Å². The molecule has 0 fully saturated rings. The van der Waals surface area contributed by atoms with Gasteiger partial charge in [-0.1, -0.05) is 6.92 Å². The van der Waals surface area contributed by atoms with E-state index in [1.807, 2.05) is 6.92 Å². The zero-order valence-corrected chi connectivity index (χ0v) is 12.1. The van der Waals surface area contributed by atoms with Gasteiger partial charge in [0.15, 0.2) is 0 Å². The second-order valence-electron chi connectivity index (χ2n) is 4.17. The van der Waals surface area contributed by atoms with Crippen LogP contribution < -0.4 is 16.0 Å². The van der Waals surface area contributed by atoms with Gasteiger partial charge in [0.2, 0.25) is 23.6 Å². The minimum atomic E-state index is -0.454. The van der Waals surface area contributed by atoms with E-state index in [4.69, 9.17) is 0 Å². The summed E-state index contributed by atoms with van der Waals surface area (Å²) in [5.41, 5.74) is 0. The molecule has 8 heteroatoms. The SMILES string of the molecule is CCCN(CC(=O)NC)C(=O)CNC(=O)CNC(C)=O. The third-order valence-electron chi connectivity index (χ3n) is 2.39. The Hall–Kier alpha value is -2.12. The summed E-state index contributed by atoms with van der Waals surface area (Å²) < 4.78 is 0. The van der Waals surface area contributed by atoms with E-state index >= 15 is 0 Å². The minimum absolute atomic E-state index is 0.0370. The standard InChI is InChI=1S/C12H22N4O4/c1-4-5-16(8-11(19)13-3)12(20)7-15-10(18)6-14-9(2)17/h4-8H2,1-3H3,(H,13,19)(H,14,17)(H,15,18). The molecule has 0 aromatic heterocycles. The van der Waals surface area contributed by atoms with E-state index in [9.17, 15) is 19.2 Å². The molecule has 0 saturated heterocycles. The molecular weight excluding hydrogens is 264 g/mol. The summed E-state index contributed by atoms with van der Waals surface area (Å²) in [6.45, 7) is 3.21. The highest BCUT2D eigenvalue weighted by Crippen LogP contribution is 1.92. The Kier molecular flexibility index (Phi) is 8.73. The van der Waals surface area contributed by atoms with Gasteiger partial charge in [-0.3, -0.25) is 19.2 Å². The van der Waals surface area contributed by atoms with Crippen molar-refractivity contribution in [2.75, 3.05) is 33.2 Å². The molecule has 0 rings (SSSR count). The van der Waals surface area contributed by atoms with Crippen LogP contribution in [0, 0.1) is 0 Å². The first-order valence-electron chi connectivity index (χ1n) is 6.40. The molecule has 0 saturated carbocycles. The van der Waals surface area contributed by atoms with Crippen LogP contribution >= 0.6 is 0 Å². The fourth-order valence-electron chi connectivity index (χ4n) is 1.37. The van der Waals surface area contributed by atoms with Crippen molar-refractivity contribution < 1.29 is 19.2 Å². The van der Waals surface area contributed by atoms with Crippen LogP contribution in [0.4, 0.5) is 0 Å². The van der Waals surface area contributed by atoms with Gasteiger partial charge in [0.05, 0.1) is 19.6 Å². The first kappa shape index (κ1) is 17.9. The topological polar surface area (TPSA) is 108 Å². The maximum atomic E-state index is 11.9. The number of amides is 4. The molecule has 20 heavy (non-hydrogen) atoms. The average molecular weight is 286 g/mol. The number of carbonyl (C=O) groups excluding carboxylic acids is 4. The van der Waals surface area contributed by atoms with Gasteiger partial charge in [-0.15, -0.1) is 0 Å². The Morgan fingerprint density at radius 1 is 1.00 bits per heavy atom. The highest BCUT2D eigenvalue weighted by Gasteiger charge is 2.16.